The van der Waals surface area contributed by atoms with Crippen LogP contribution in [0, 0.1) is 23.3 Å². The SMILES string of the molecule is Brc1cccc2c1CCCC2.Fc1ccc(-c2cccc3c2CCCC3)cc1F.OB(O)c1ccc(F)c(F)c1. The highest BCUT2D eigenvalue weighted by molar-refractivity contribution is 9.10. The highest BCUT2D eigenvalue weighted by atomic mass is 79.9. The molecular formula is C32H30BBrF4O2. The van der Waals surface area contributed by atoms with Gasteiger partial charge in [0.15, 0.2) is 23.3 Å². The van der Waals surface area contributed by atoms with E-state index in [2.05, 4.69) is 40.2 Å². The Morgan fingerprint density at radius 2 is 1.12 bits per heavy atom. The zero-order valence-corrected chi connectivity index (χ0v) is 23.5. The minimum Gasteiger partial charge on any atom is -0.423 e. The van der Waals surface area contributed by atoms with Crippen molar-refractivity contribution in [2.75, 3.05) is 0 Å². The monoisotopic (exact) mass is 612 g/mol. The second-order valence-electron chi connectivity index (χ2n) is 9.91. The first kappa shape index (κ1) is 30.0. The third-order valence-electron chi connectivity index (χ3n) is 7.21. The van der Waals surface area contributed by atoms with Crippen LogP contribution in [0.4, 0.5) is 17.6 Å². The van der Waals surface area contributed by atoms with Gasteiger partial charge in [0.1, 0.15) is 0 Å². The summed E-state index contributed by atoms with van der Waals surface area (Å²) in [4.78, 5) is 0. The molecule has 2 aliphatic rings. The first-order valence-electron chi connectivity index (χ1n) is 13.4. The molecular weight excluding hydrogens is 583 g/mol. The first-order valence-corrected chi connectivity index (χ1v) is 14.2. The molecule has 4 aromatic carbocycles. The molecule has 0 fully saturated rings. The molecule has 4 aromatic rings. The van der Waals surface area contributed by atoms with Crippen molar-refractivity contribution in [3.05, 3.63) is 123 Å². The maximum Gasteiger partial charge on any atom is 0.488 e. The largest absolute Gasteiger partial charge is 0.488 e. The summed E-state index contributed by atoms with van der Waals surface area (Å²) in [7, 11) is -1.76. The van der Waals surface area contributed by atoms with Crippen LogP contribution in [0.15, 0.2) is 77.3 Å². The van der Waals surface area contributed by atoms with Gasteiger partial charge in [0, 0.05) is 4.47 Å². The van der Waals surface area contributed by atoms with Crippen LogP contribution in [-0.2, 0) is 25.7 Å². The van der Waals surface area contributed by atoms with E-state index in [9.17, 15) is 17.6 Å². The van der Waals surface area contributed by atoms with Gasteiger partial charge >= 0.3 is 7.12 Å². The molecule has 0 aliphatic heterocycles. The average Bonchev–Trinajstić information content (AvgIpc) is 2.96. The van der Waals surface area contributed by atoms with Crippen molar-refractivity contribution in [3.63, 3.8) is 0 Å². The molecule has 0 saturated carbocycles. The average molecular weight is 613 g/mol. The lowest BCUT2D eigenvalue weighted by atomic mass is 9.80. The molecule has 0 unspecified atom stereocenters. The molecule has 0 saturated heterocycles. The fraction of sp³-hybridized carbons (Fsp3) is 0.250. The van der Waals surface area contributed by atoms with Gasteiger partial charge in [-0.2, -0.15) is 0 Å². The van der Waals surface area contributed by atoms with Crippen LogP contribution < -0.4 is 5.46 Å². The highest BCUT2D eigenvalue weighted by Crippen LogP contribution is 2.32. The number of halogens is 5. The van der Waals surface area contributed by atoms with Crippen LogP contribution in [0.5, 0.6) is 0 Å². The van der Waals surface area contributed by atoms with E-state index in [1.54, 1.807) is 17.2 Å². The third kappa shape index (κ3) is 7.62. The van der Waals surface area contributed by atoms with Gasteiger partial charge in [-0.1, -0.05) is 58.4 Å². The molecule has 0 bridgehead atoms. The number of hydrogen-bond acceptors (Lipinski definition) is 2. The van der Waals surface area contributed by atoms with Gasteiger partial charge in [0.25, 0.3) is 0 Å². The summed E-state index contributed by atoms with van der Waals surface area (Å²) < 4.78 is 52.2. The Morgan fingerprint density at radius 3 is 1.73 bits per heavy atom. The summed E-state index contributed by atoms with van der Waals surface area (Å²) in [6, 6.07) is 19.5. The van der Waals surface area contributed by atoms with Crippen molar-refractivity contribution in [2.24, 2.45) is 0 Å². The maximum atomic E-state index is 13.3. The molecule has 6 rings (SSSR count). The predicted molar refractivity (Wildman–Crippen MR) is 155 cm³/mol. The van der Waals surface area contributed by atoms with Gasteiger partial charge in [0.05, 0.1) is 0 Å². The topological polar surface area (TPSA) is 40.5 Å². The lowest BCUT2D eigenvalue weighted by Gasteiger charge is -2.19. The summed E-state index contributed by atoms with van der Waals surface area (Å²) in [6.45, 7) is 0. The lowest BCUT2D eigenvalue weighted by molar-refractivity contribution is 0.425. The van der Waals surface area contributed by atoms with E-state index in [1.165, 1.54) is 66.3 Å². The molecule has 2 nitrogen and oxygen atoms in total. The van der Waals surface area contributed by atoms with E-state index >= 15 is 0 Å². The second-order valence-corrected chi connectivity index (χ2v) is 10.8. The highest BCUT2D eigenvalue weighted by Gasteiger charge is 2.15. The molecule has 0 heterocycles. The smallest absolute Gasteiger partial charge is 0.423 e. The van der Waals surface area contributed by atoms with Crippen LogP contribution >= 0.6 is 15.9 Å². The van der Waals surface area contributed by atoms with E-state index in [1.807, 2.05) is 12.1 Å². The molecule has 0 aromatic heterocycles. The predicted octanol–water partition coefficient (Wildman–Crippen LogP) is 7.48. The molecule has 0 spiro atoms. The normalized spacial score (nSPS) is 13.6. The van der Waals surface area contributed by atoms with Crippen LogP contribution in [0.25, 0.3) is 11.1 Å². The number of rotatable bonds is 2. The quantitative estimate of drug-likeness (QED) is 0.182. The Labute approximate surface area is 241 Å². The van der Waals surface area contributed by atoms with E-state index in [0.29, 0.717) is 0 Å². The number of hydrogen-bond donors (Lipinski definition) is 2. The van der Waals surface area contributed by atoms with Crippen LogP contribution in [0.2, 0.25) is 0 Å². The summed E-state index contributed by atoms with van der Waals surface area (Å²) in [5.74, 6) is -3.66. The minimum atomic E-state index is -1.76. The van der Waals surface area contributed by atoms with Crippen molar-refractivity contribution in [2.45, 2.75) is 51.4 Å². The first-order chi connectivity index (χ1) is 19.2. The number of fused-ring (bicyclic) bond motifs is 2. The van der Waals surface area contributed by atoms with Gasteiger partial charge in [0.2, 0.25) is 0 Å². The van der Waals surface area contributed by atoms with Crippen LogP contribution in [-0.4, -0.2) is 17.2 Å². The molecule has 40 heavy (non-hydrogen) atoms. The fourth-order valence-electron chi connectivity index (χ4n) is 5.12. The molecule has 0 atom stereocenters. The standard InChI is InChI=1S/C16H14F2.C10H11Br.C6H5BF2O2/c17-15-9-8-12(10-16(15)18)14-7-3-5-11-4-1-2-6-13(11)14;11-10-7-3-5-8-4-1-2-6-9(8)10;8-5-2-1-4(7(10)11)3-6(5)9/h3,5,7-10H,1-2,4,6H2;3,5,7H,1-2,4,6H2;1-3,10-11H. The molecule has 208 valence electrons. The zero-order valence-electron chi connectivity index (χ0n) is 21.9. The van der Waals surface area contributed by atoms with E-state index in [-0.39, 0.29) is 5.46 Å². The van der Waals surface area contributed by atoms with Gasteiger partial charge in [-0.05, 0) is 121 Å². The van der Waals surface area contributed by atoms with Crippen LogP contribution in [0.3, 0.4) is 0 Å². The lowest BCUT2D eigenvalue weighted by Crippen LogP contribution is -2.30. The Bertz CT molecular complexity index is 1460. The van der Waals surface area contributed by atoms with Gasteiger partial charge in [-0.25, -0.2) is 17.6 Å². The summed E-state index contributed by atoms with van der Waals surface area (Å²) in [5, 5.41) is 17.0. The fourth-order valence-corrected chi connectivity index (χ4v) is 5.73. The maximum absolute atomic E-state index is 13.3. The van der Waals surface area contributed by atoms with Gasteiger partial charge < -0.3 is 10.0 Å². The van der Waals surface area contributed by atoms with Crippen molar-refractivity contribution in [3.8, 4) is 11.1 Å². The van der Waals surface area contributed by atoms with Gasteiger partial charge in [-0.15, -0.1) is 0 Å². The molecule has 2 aliphatic carbocycles. The Balaban J connectivity index is 0.000000146. The molecule has 0 radical (unpaired) electrons. The van der Waals surface area contributed by atoms with Gasteiger partial charge in [-0.3, -0.25) is 0 Å². The third-order valence-corrected chi connectivity index (χ3v) is 7.95. The van der Waals surface area contributed by atoms with Crippen molar-refractivity contribution in [1.29, 1.82) is 0 Å². The molecule has 8 heteroatoms. The number of benzene rings is 4. The zero-order chi connectivity index (χ0) is 28.6. The number of aryl methyl sites for hydroxylation is 2. The van der Waals surface area contributed by atoms with Crippen LogP contribution in [0.1, 0.15) is 47.9 Å². The molecule has 2 N–H and O–H groups in total. The summed E-state index contributed by atoms with van der Waals surface area (Å²) in [5.41, 5.74) is 7.49. The van der Waals surface area contributed by atoms with E-state index < -0.39 is 30.4 Å². The Morgan fingerprint density at radius 1 is 0.575 bits per heavy atom. The second kappa shape index (κ2) is 14.1. The summed E-state index contributed by atoms with van der Waals surface area (Å²) in [6.07, 6.45) is 9.77. The molecule has 0 amide bonds. The summed E-state index contributed by atoms with van der Waals surface area (Å²) >= 11 is 3.58. The minimum absolute atomic E-state index is 0.0658. The van der Waals surface area contributed by atoms with Crippen molar-refractivity contribution < 1.29 is 27.6 Å². The van der Waals surface area contributed by atoms with E-state index in [0.717, 1.165) is 42.2 Å². The van der Waals surface area contributed by atoms with E-state index in [4.69, 9.17) is 10.0 Å². The van der Waals surface area contributed by atoms with Crippen molar-refractivity contribution >= 4 is 28.5 Å². The van der Waals surface area contributed by atoms with Crippen molar-refractivity contribution in [1.82, 2.24) is 0 Å². The Hall–Kier alpha value is -2.94. The Kier molecular flexibility index (Phi) is 10.6.